The molecular formula is C23H26N2O2S. The lowest BCUT2D eigenvalue weighted by Gasteiger charge is -2.30. The number of ether oxygens (including phenoxy) is 1. The van der Waals surface area contributed by atoms with Gasteiger partial charge in [-0.25, -0.2) is 0 Å². The maximum absolute atomic E-state index is 13.2. The molecule has 0 fully saturated rings. The first-order chi connectivity index (χ1) is 13.6. The number of allylic oxidation sites excluding steroid dienone is 1. The van der Waals surface area contributed by atoms with Crippen molar-refractivity contribution < 1.29 is 9.53 Å². The van der Waals surface area contributed by atoms with E-state index in [2.05, 4.69) is 17.6 Å². The SMILES string of the molecule is CCCCCOc1ccc(C2NC(=S)NC(C)=C2C(=O)c2ccccc2)cc1. The van der Waals surface area contributed by atoms with Crippen LogP contribution in [0.1, 0.15) is 55.1 Å². The van der Waals surface area contributed by atoms with Crippen LogP contribution in [-0.2, 0) is 0 Å². The van der Waals surface area contributed by atoms with Gasteiger partial charge in [0.15, 0.2) is 10.9 Å². The van der Waals surface area contributed by atoms with Gasteiger partial charge in [0.2, 0.25) is 0 Å². The second kappa shape index (κ2) is 9.51. The van der Waals surface area contributed by atoms with Crippen molar-refractivity contribution in [3.05, 3.63) is 77.0 Å². The van der Waals surface area contributed by atoms with E-state index in [1.807, 2.05) is 61.5 Å². The van der Waals surface area contributed by atoms with Gasteiger partial charge in [-0.05, 0) is 43.3 Å². The number of hydrogen-bond acceptors (Lipinski definition) is 3. The van der Waals surface area contributed by atoms with Crippen LogP contribution >= 0.6 is 12.2 Å². The van der Waals surface area contributed by atoms with E-state index in [-0.39, 0.29) is 11.8 Å². The largest absolute Gasteiger partial charge is 0.494 e. The molecule has 2 aromatic rings. The van der Waals surface area contributed by atoms with Crippen molar-refractivity contribution in [3.8, 4) is 5.75 Å². The van der Waals surface area contributed by atoms with Gasteiger partial charge in [0.25, 0.3) is 0 Å². The molecule has 5 heteroatoms. The molecule has 1 heterocycles. The summed E-state index contributed by atoms with van der Waals surface area (Å²) in [6.07, 6.45) is 3.40. The van der Waals surface area contributed by atoms with Gasteiger partial charge in [-0.15, -0.1) is 0 Å². The van der Waals surface area contributed by atoms with Crippen LogP contribution in [0.5, 0.6) is 5.75 Å². The number of unbranched alkanes of at least 4 members (excludes halogenated alkanes) is 2. The van der Waals surface area contributed by atoms with Gasteiger partial charge in [0, 0.05) is 16.8 Å². The molecule has 0 amide bonds. The molecule has 0 radical (unpaired) electrons. The van der Waals surface area contributed by atoms with Crippen LogP contribution in [0.15, 0.2) is 65.9 Å². The van der Waals surface area contributed by atoms with E-state index in [1.54, 1.807) is 0 Å². The molecule has 1 unspecified atom stereocenters. The van der Waals surface area contributed by atoms with E-state index < -0.39 is 0 Å². The second-order valence-corrected chi connectivity index (χ2v) is 7.30. The van der Waals surface area contributed by atoms with Crippen LogP contribution < -0.4 is 15.4 Å². The Bertz CT molecular complexity index is 860. The molecule has 0 aromatic heterocycles. The van der Waals surface area contributed by atoms with Crippen molar-refractivity contribution in [3.63, 3.8) is 0 Å². The Morgan fingerprint density at radius 2 is 1.79 bits per heavy atom. The zero-order chi connectivity index (χ0) is 19.9. The monoisotopic (exact) mass is 394 g/mol. The van der Waals surface area contributed by atoms with Crippen molar-refractivity contribution in [2.24, 2.45) is 0 Å². The minimum Gasteiger partial charge on any atom is -0.494 e. The Morgan fingerprint density at radius 3 is 2.46 bits per heavy atom. The van der Waals surface area contributed by atoms with Crippen molar-refractivity contribution >= 4 is 23.1 Å². The molecule has 0 saturated heterocycles. The smallest absolute Gasteiger partial charge is 0.193 e. The highest BCUT2D eigenvalue weighted by Gasteiger charge is 2.30. The third-order valence-electron chi connectivity index (χ3n) is 4.78. The van der Waals surface area contributed by atoms with E-state index in [4.69, 9.17) is 17.0 Å². The molecule has 146 valence electrons. The van der Waals surface area contributed by atoms with E-state index >= 15 is 0 Å². The standard InChI is InChI=1S/C23H26N2O2S/c1-3-4-8-15-27-19-13-11-17(12-14-19)21-20(16(2)24-23(28)25-21)22(26)18-9-6-5-7-10-18/h5-7,9-14,21H,3-4,8,15H2,1-2H3,(H2,24,25,28). The summed E-state index contributed by atoms with van der Waals surface area (Å²) in [6.45, 7) is 4.79. The lowest BCUT2D eigenvalue weighted by molar-refractivity contribution is 0.102. The molecule has 2 N–H and O–H groups in total. The van der Waals surface area contributed by atoms with Crippen LogP contribution in [0.4, 0.5) is 0 Å². The number of carbonyl (C=O) groups excluding carboxylic acids is 1. The van der Waals surface area contributed by atoms with Gasteiger partial charge in [-0.3, -0.25) is 4.79 Å². The van der Waals surface area contributed by atoms with Crippen LogP contribution in [0, 0.1) is 0 Å². The maximum atomic E-state index is 13.2. The third kappa shape index (κ3) is 4.78. The number of carbonyl (C=O) groups is 1. The molecule has 0 saturated carbocycles. The minimum absolute atomic E-state index is 0.00880. The fourth-order valence-corrected chi connectivity index (χ4v) is 3.56. The van der Waals surface area contributed by atoms with Gasteiger partial charge in [0.1, 0.15) is 5.75 Å². The Hall–Kier alpha value is -2.66. The maximum Gasteiger partial charge on any atom is 0.193 e. The molecule has 3 rings (SSSR count). The lowest BCUT2D eigenvalue weighted by Crippen LogP contribution is -2.44. The van der Waals surface area contributed by atoms with Crippen molar-refractivity contribution in [1.29, 1.82) is 0 Å². The van der Waals surface area contributed by atoms with Gasteiger partial charge >= 0.3 is 0 Å². The van der Waals surface area contributed by atoms with Gasteiger partial charge in [-0.1, -0.05) is 62.2 Å². The van der Waals surface area contributed by atoms with Gasteiger partial charge in [0.05, 0.1) is 12.6 Å². The number of benzene rings is 2. The molecule has 0 bridgehead atoms. The second-order valence-electron chi connectivity index (χ2n) is 6.89. The summed E-state index contributed by atoms with van der Waals surface area (Å²) >= 11 is 5.33. The zero-order valence-corrected chi connectivity index (χ0v) is 17.1. The highest BCUT2D eigenvalue weighted by Crippen LogP contribution is 2.30. The molecule has 28 heavy (non-hydrogen) atoms. The molecule has 1 aliphatic rings. The van der Waals surface area contributed by atoms with Gasteiger partial charge in [-0.2, -0.15) is 0 Å². The number of thiocarbonyl (C=S) groups is 1. The number of ketones is 1. The topological polar surface area (TPSA) is 50.4 Å². The normalized spacial score (nSPS) is 16.4. The van der Waals surface area contributed by atoms with E-state index in [1.165, 1.54) is 12.8 Å². The number of nitrogens with one attached hydrogen (secondary N) is 2. The average molecular weight is 395 g/mol. The lowest BCUT2D eigenvalue weighted by atomic mass is 9.90. The first-order valence-corrected chi connectivity index (χ1v) is 10.1. The van der Waals surface area contributed by atoms with Crippen molar-refractivity contribution in [2.75, 3.05) is 6.61 Å². The molecule has 0 aliphatic carbocycles. The molecule has 4 nitrogen and oxygen atoms in total. The summed E-state index contributed by atoms with van der Waals surface area (Å²) in [4.78, 5) is 13.2. The first kappa shape index (κ1) is 20.1. The van der Waals surface area contributed by atoms with Crippen molar-refractivity contribution in [2.45, 2.75) is 39.2 Å². The summed E-state index contributed by atoms with van der Waals surface area (Å²) in [5.74, 6) is 0.832. The highest BCUT2D eigenvalue weighted by molar-refractivity contribution is 7.80. The van der Waals surface area contributed by atoms with Crippen molar-refractivity contribution in [1.82, 2.24) is 10.6 Å². The summed E-state index contributed by atoms with van der Waals surface area (Å²) in [5.41, 5.74) is 3.09. The molecule has 0 spiro atoms. The van der Waals surface area contributed by atoms with Crippen LogP contribution in [-0.4, -0.2) is 17.5 Å². The van der Waals surface area contributed by atoms with Crippen LogP contribution in [0.25, 0.3) is 0 Å². The predicted molar refractivity (Wildman–Crippen MR) is 117 cm³/mol. The van der Waals surface area contributed by atoms with Crippen LogP contribution in [0.3, 0.4) is 0 Å². The molecular weight excluding hydrogens is 368 g/mol. The minimum atomic E-state index is -0.296. The van der Waals surface area contributed by atoms with E-state index in [0.717, 1.165) is 30.0 Å². The molecule has 1 atom stereocenters. The average Bonchev–Trinajstić information content (AvgIpc) is 2.71. The zero-order valence-electron chi connectivity index (χ0n) is 16.3. The highest BCUT2D eigenvalue weighted by atomic mass is 32.1. The number of rotatable bonds is 8. The molecule has 1 aliphatic heterocycles. The Balaban J connectivity index is 1.83. The summed E-state index contributed by atoms with van der Waals surface area (Å²) in [7, 11) is 0. The van der Waals surface area contributed by atoms with E-state index in [9.17, 15) is 4.79 Å². The first-order valence-electron chi connectivity index (χ1n) is 9.71. The number of hydrogen-bond donors (Lipinski definition) is 2. The van der Waals surface area contributed by atoms with Gasteiger partial charge < -0.3 is 15.4 Å². The Kier molecular flexibility index (Phi) is 6.82. The van der Waals surface area contributed by atoms with E-state index in [0.29, 0.717) is 16.2 Å². The summed E-state index contributed by atoms with van der Waals surface area (Å²) in [6, 6.07) is 16.9. The molecule has 2 aromatic carbocycles. The van der Waals surface area contributed by atoms with Crippen LogP contribution in [0.2, 0.25) is 0 Å². The fraction of sp³-hybridized carbons (Fsp3) is 0.304. The number of Topliss-reactive ketones (excluding diaryl/α,β-unsaturated/α-hetero) is 1. The fourth-order valence-electron chi connectivity index (χ4n) is 3.29. The third-order valence-corrected chi connectivity index (χ3v) is 5.00. The quantitative estimate of drug-likeness (QED) is 0.378. The summed E-state index contributed by atoms with van der Waals surface area (Å²) in [5, 5.41) is 6.85. The Labute approximate surface area is 172 Å². The predicted octanol–water partition coefficient (Wildman–Crippen LogP) is 4.93. The summed E-state index contributed by atoms with van der Waals surface area (Å²) < 4.78 is 5.80. The Morgan fingerprint density at radius 1 is 1.07 bits per heavy atom.